The van der Waals surface area contributed by atoms with Crippen LogP contribution in [0.4, 0.5) is 0 Å². The van der Waals surface area contributed by atoms with E-state index >= 15 is 0 Å². The van der Waals surface area contributed by atoms with Crippen LogP contribution in [0.5, 0.6) is 11.5 Å². The predicted octanol–water partition coefficient (Wildman–Crippen LogP) is 3.07. The van der Waals surface area contributed by atoms with Crippen LogP contribution in [0.2, 0.25) is 5.02 Å². The molecule has 1 fully saturated rings. The quantitative estimate of drug-likeness (QED) is 0.848. The number of carboxylic acids is 1. The van der Waals surface area contributed by atoms with Gasteiger partial charge in [-0.2, -0.15) is 0 Å². The number of methoxy groups -OCH3 is 1. The van der Waals surface area contributed by atoms with E-state index in [9.17, 15) is 14.7 Å². The SMILES string of the molecule is CCCOc1c(Cl)cc(C(=O)N2CC[C@](C)(C(=O)O)C2)cc1OC. The van der Waals surface area contributed by atoms with Crippen LogP contribution in [0.1, 0.15) is 37.0 Å². The molecule has 1 aliphatic heterocycles. The third kappa shape index (κ3) is 3.59. The molecular formula is C17H22ClNO5. The van der Waals surface area contributed by atoms with Crippen LogP contribution in [0.25, 0.3) is 0 Å². The lowest BCUT2D eigenvalue weighted by Crippen LogP contribution is -2.34. The molecule has 1 heterocycles. The molecule has 1 N–H and O–H groups in total. The van der Waals surface area contributed by atoms with Crippen LogP contribution in [0, 0.1) is 5.41 Å². The molecule has 1 amide bonds. The van der Waals surface area contributed by atoms with Gasteiger partial charge in [0.05, 0.1) is 24.2 Å². The number of carbonyl (C=O) groups excluding carboxylic acids is 1. The standard InChI is InChI=1S/C17H22ClNO5/c1-4-7-24-14-12(18)8-11(9-13(14)23-3)15(20)19-6-5-17(2,10-19)16(21)22/h8-9H,4-7,10H2,1-3H3,(H,21,22)/t17-/m0/s1. The second-order valence-electron chi connectivity index (χ2n) is 6.18. The molecule has 0 aliphatic carbocycles. The number of amides is 1. The lowest BCUT2D eigenvalue weighted by molar-refractivity contribution is -0.147. The molecule has 6 nitrogen and oxygen atoms in total. The Balaban J connectivity index is 2.24. The van der Waals surface area contributed by atoms with Gasteiger partial charge in [-0.25, -0.2) is 0 Å². The third-order valence-electron chi connectivity index (χ3n) is 4.20. The number of nitrogens with zero attached hydrogens (tertiary/aromatic N) is 1. The lowest BCUT2D eigenvalue weighted by Gasteiger charge is -2.21. The summed E-state index contributed by atoms with van der Waals surface area (Å²) < 4.78 is 10.9. The normalized spacial score (nSPS) is 20.1. The van der Waals surface area contributed by atoms with Crippen molar-refractivity contribution in [2.24, 2.45) is 5.41 Å². The number of ether oxygens (including phenoxy) is 2. The number of benzene rings is 1. The topological polar surface area (TPSA) is 76.1 Å². The second-order valence-corrected chi connectivity index (χ2v) is 6.59. The van der Waals surface area contributed by atoms with Crippen LogP contribution in [0.15, 0.2) is 12.1 Å². The number of hydrogen-bond donors (Lipinski definition) is 1. The van der Waals surface area contributed by atoms with Crippen LogP contribution in [-0.4, -0.2) is 48.7 Å². The van der Waals surface area contributed by atoms with Crippen molar-refractivity contribution in [3.63, 3.8) is 0 Å². The van der Waals surface area contributed by atoms with Gasteiger partial charge in [0.1, 0.15) is 0 Å². The van der Waals surface area contributed by atoms with Crippen molar-refractivity contribution in [1.82, 2.24) is 4.90 Å². The molecule has 1 aromatic carbocycles. The van der Waals surface area contributed by atoms with Crippen molar-refractivity contribution in [2.75, 3.05) is 26.8 Å². The highest BCUT2D eigenvalue weighted by Gasteiger charge is 2.42. The van der Waals surface area contributed by atoms with Gasteiger partial charge in [0.25, 0.3) is 5.91 Å². The fourth-order valence-corrected chi connectivity index (χ4v) is 2.94. The number of carboxylic acid groups (broad SMARTS) is 1. The molecule has 132 valence electrons. The summed E-state index contributed by atoms with van der Waals surface area (Å²) in [5.74, 6) is -0.354. The molecule has 2 rings (SSSR count). The van der Waals surface area contributed by atoms with E-state index in [1.165, 1.54) is 18.1 Å². The second kappa shape index (κ2) is 7.30. The lowest BCUT2D eigenvalue weighted by atomic mass is 9.90. The smallest absolute Gasteiger partial charge is 0.311 e. The minimum atomic E-state index is -0.909. The first-order valence-corrected chi connectivity index (χ1v) is 8.23. The molecule has 0 spiro atoms. The first-order chi connectivity index (χ1) is 11.3. The maximum Gasteiger partial charge on any atom is 0.311 e. The molecular weight excluding hydrogens is 334 g/mol. The number of aliphatic carboxylic acids is 1. The predicted molar refractivity (Wildman–Crippen MR) is 90.1 cm³/mol. The Morgan fingerprint density at radius 2 is 2.12 bits per heavy atom. The molecule has 0 saturated carbocycles. The Hall–Kier alpha value is -1.95. The first kappa shape index (κ1) is 18.4. The maximum absolute atomic E-state index is 12.7. The molecule has 1 atom stereocenters. The number of likely N-dealkylation sites (tertiary alicyclic amines) is 1. The molecule has 1 aliphatic rings. The van der Waals surface area contributed by atoms with E-state index < -0.39 is 11.4 Å². The zero-order valence-electron chi connectivity index (χ0n) is 14.1. The highest BCUT2D eigenvalue weighted by atomic mass is 35.5. The van der Waals surface area contributed by atoms with E-state index in [4.69, 9.17) is 21.1 Å². The summed E-state index contributed by atoms with van der Waals surface area (Å²) in [4.78, 5) is 25.5. The summed E-state index contributed by atoms with van der Waals surface area (Å²) in [7, 11) is 1.48. The van der Waals surface area contributed by atoms with Crippen LogP contribution < -0.4 is 9.47 Å². The highest BCUT2D eigenvalue weighted by molar-refractivity contribution is 6.32. The van der Waals surface area contributed by atoms with E-state index in [1.54, 1.807) is 13.0 Å². The fourth-order valence-electron chi connectivity index (χ4n) is 2.68. The van der Waals surface area contributed by atoms with Gasteiger partial charge < -0.3 is 19.5 Å². The molecule has 0 aromatic heterocycles. The van der Waals surface area contributed by atoms with Gasteiger partial charge in [0, 0.05) is 18.7 Å². The largest absolute Gasteiger partial charge is 0.493 e. The van der Waals surface area contributed by atoms with E-state index in [0.29, 0.717) is 41.7 Å². The van der Waals surface area contributed by atoms with Crippen LogP contribution in [0.3, 0.4) is 0 Å². The summed E-state index contributed by atoms with van der Waals surface area (Å²) in [6, 6.07) is 3.11. The molecule has 0 bridgehead atoms. The average Bonchev–Trinajstić information content (AvgIpc) is 2.96. The Bertz CT molecular complexity index is 648. The maximum atomic E-state index is 12.7. The van der Waals surface area contributed by atoms with Crippen molar-refractivity contribution >= 4 is 23.5 Å². The summed E-state index contributed by atoms with van der Waals surface area (Å²) in [5.41, 5.74) is -0.552. The Morgan fingerprint density at radius 1 is 1.42 bits per heavy atom. The molecule has 24 heavy (non-hydrogen) atoms. The van der Waals surface area contributed by atoms with Crippen molar-refractivity contribution in [3.8, 4) is 11.5 Å². The summed E-state index contributed by atoms with van der Waals surface area (Å²) in [6.45, 7) is 4.69. The molecule has 0 unspecified atom stereocenters. The van der Waals surface area contributed by atoms with Crippen molar-refractivity contribution in [2.45, 2.75) is 26.7 Å². The van der Waals surface area contributed by atoms with Gasteiger partial charge >= 0.3 is 5.97 Å². The molecule has 7 heteroatoms. The first-order valence-electron chi connectivity index (χ1n) is 7.85. The molecule has 1 aromatic rings. The van der Waals surface area contributed by atoms with Crippen LogP contribution in [-0.2, 0) is 4.79 Å². The van der Waals surface area contributed by atoms with Gasteiger partial charge in [-0.3, -0.25) is 9.59 Å². The van der Waals surface area contributed by atoms with Gasteiger partial charge in [0.2, 0.25) is 0 Å². The van der Waals surface area contributed by atoms with Gasteiger partial charge in [-0.15, -0.1) is 0 Å². The van der Waals surface area contributed by atoms with E-state index in [1.807, 2.05) is 6.92 Å². The van der Waals surface area contributed by atoms with Crippen LogP contribution >= 0.6 is 11.6 Å². The Kier molecular flexibility index (Phi) is 5.59. The zero-order valence-corrected chi connectivity index (χ0v) is 14.9. The minimum Gasteiger partial charge on any atom is -0.493 e. The Labute approximate surface area is 146 Å². The monoisotopic (exact) mass is 355 g/mol. The summed E-state index contributed by atoms with van der Waals surface area (Å²) in [5, 5.41) is 9.59. The van der Waals surface area contributed by atoms with Gasteiger partial charge in [0.15, 0.2) is 11.5 Å². The Morgan fingerprint density at radius 3 is 2.67 bits per heavy atom. The summed E-state index contributed by atoms with van der Waals surface area (Å²) >= 11 is 6.24. The van der Waals surface area contributed by atoms with Gasteiger partial charge in [-0.05, 0) is 31.9 Å². The van der Waals surface area contributed by atoms with Crippen molar-refractivity contribution in [1.29, 1.82) is 0 Å². The van der Waals surface area contributed by atoms with Gasteiger partial charge in [-0.1, -0.05) is 18.5 Å². The summed E-state index contributed by atoms with van der Waals surface area (Å²) in [6.07, 6.45) is 1.25. The number of hydrogen-bond acceptors (Lipinski definition) is 4. The number of carbonyl (C=O) groups is 2. The minimum absolute atomic E-state index is 0.176. The molecule has 1 saturated heterocycles. The van der Waals surface area contributed by atoms with Crippen molar-refractivity contribution in [3.05, 3.63) is 22.7 Å². The fraction of sp³-hybridized carbons (Fsp3) is 0.529. The van der Waals surface area contributed by atoms with E-state index in [0.717, 1.165) is 6.42 Å². The van der Waals surface area contributed by atoms with E-state index in [-0.39, 0.29) is 12.5 Å². The van der Waals surface area contributed by atoms with Crippen molar-refractivity contribution < 1.29 is 24.2 Å². The average molecular weight is 356 g/mol. The zero-order chi connectivity index (χ0) is 17.9. The molecule has 0 radical (unpaired) electrons. The third-order valence-corrected chi connectivity index (χ3v) is 4.48. The van der Waals surface area contributed by atoms with E-state index in [2.05, 4.69) is 0 Å². The highest BCUT2D eigenvalue weighted by Crippen LogP contribution is 2.38. The number of halogens is 1. The number of rotatable bonds is 6.